The molecule has 0 saturated carbocycles. The maximum atomic E-state index is 12.1. The van der Waals surface area contributed by atoms with Gasteiger partial charge in [-0.05, 0) is 41.8 Å². The quantitative estimate of drug-likeness (QED) is 0.784. The number of benzene rings is 1. The van der Waals surface area contributed by atoms with Crippen molar-refractivity contribution in [3.63, 3.8) is 0 Å². The predicted octanol–water partition coefficient (Wildman–Crippen LogP) is 3.33. The van der Waals surface area contributed by atoms with E-state index in [2.05, 4.69) is 16.5 Å². The number of hydrogen-bond acceptors (Lipinski definition) is 4. The number of hydrogen-bond donors (Lipinski definition) is 1. The lowest BCUT2D eigenvalue weighted by molar-refractivity contribution is 0.0942. The molecule has 3 heterocycles. The molecule has 0 fully saturated rings. The summed E-state index contributed by atoms with van der Waals surface area (Å²) >= 11 is 0. The smallest absolute Gasteiger partial charge is 0.255 e. The van der Waals surface area contributed by atoms with Gasteiger partial charge in [0, 0.05) is 12.1 Å². The van der Waals surface area contributed by atoms with Crippen LogP contribution in [0.2, 0.25) is 0 Å². The summed E-state index contributed by atoms with van der Waals surface area (Å²) in [5.74, 6) is 1.26. The molecule has 0 saturated heterocycles. The Morgan fingerprint density at radius 1 is 1.15 bits per heavy atom. The Morgan fingerprint density at radius 2 is 1.96 bits per heavy atom. The first kappa shape index (κ1) is 17.8. The summed E-state index contributed by atoms with van der Waals surface area (Å²) < 4.78 is 12.5. The SMILES string of the molecule is CC.COc1ccc2c(-c3cc4c(c(OC)c3)C(=O)NCC4)cnn2c1. The molecule has 26 heavy (non-hydrogen) atoms. The molecule has 136 valence electrons. The number of ether oxygens (including phenoxy) is 2. The van der Waals surface area contributed by atoms with Gasteiger partial charge >= 0.3 is 0 Å². The van der Waals surface area contributed by atoms with Crippen LogP contribution in [0.15, 0.2) is 36.7 Å². The van der Waals surface area contributed by atoms with Crippen molar-refractivity contribution in [2.45, 2.75) is 20.3 Å². The maximum Gasteiger partial charge on any atom is 0.255 e. The molecule has 1 aliphatic heterocycles. The second kappa shape index (κ2) is 7.47. The van der Waals surface area contributed by atoms with Crippen molar-refractivity contribution in [2.75, 3.05) is 20.8 Å². The fourth-order valence-electron chi connectivity index (χ4n) is 3.15. The van der Waals surface area contributed by atoms with Crippen LogP contribution < -0.4 is 14.8 Å². The van der Waals surface area contributed by atoms with E-state index in [9.17, 15) is 4.79 Å². The molecule has 0 spiro atoms. The molecular formula is C20H23N3O3. The van der Waals surface area contributed by atoms with Crippen LogP contribution in [0.4, 0.5) is 0 Å². The topological polar surface area (TPSA) is 64.9 Å². The first-order valence-electron chi connectivity index (χ1n) is 8.72. The van der Waals surface area contributed by atoms with E-state index in [-0.39, 0.29) is 5.91 Å². The van der Waals surface area contributed by atoms with Gasteiger partial charge in [-0.25, -0.2) is 4.52 Å². The molecule has 1 aromatic carbocycles. The van der Waals surface area contributed by atoms with Gasteiger partial charge in [-0.3, -0.25) is 4.79 Å². The van der Waals surface area contributed by atoms with Crippen molar-refractivity contribution < 1.29 is 14.3 Å². The third-order valence-electron chi connectivity index (χ3n) is 4.35. The number of methoxy groups -OCH3 is 2. The largest absolute Gasteiger partial charge is 0.496 e. The van der Waals surface area contributed by atoms with E-state index in [1.54, 1.807) is 18.7 Å². The van der Waals surface area contributed by atoms with Gasteiger partial charge in [0.05, 0.1) is 37.7 Å². The highest BCUT2D eigenvalue weighted by Crippen LogP contribution is 2.34. The molecule has 1 N–H and O–H groups in total. The monoisotopic (exact) mass is 353 g/mol. The minimum Gasteiger partial charge on any atom is -0.496 e. The van der Waals surface area contributed by atoms with Crippen LogP contribution in [-0.2, 0) is 6.42 Å². The first-order chi connectivity index (χ1) is 12.7. The van der Waals surface area contributed by atoms with Crippen LogP contribution in [0, 0.1) is 0 Å². The molecule has 0 aliphatic carbocycles. The molecule has 4 rings (SSSR count). The molecular weight excluding hydrogens is 330 g/mol. The number of aromatic nitrogens is 2. The molecule has 0 unspecified atom stereocenters. The van der Waals surface area contributed by atoms with Crippen LogP contribution in [0.25, 0.3) is 16.6 Å². The molecule has 6 heteroatoms. The number of carbonyl (C=O) groups is 1. The van der Waals surface area contributed by atoms with Crippen molar-refractivity contribution >= 4 is 11.4 Å². The summed E-state index contributed by atoms with van der Waals surface area (Å²) in [6, 6.07) is 7.83. The average Bonchev–Trinajstić information content (AvgIpc) is 3.12. The zero-order chi connectivity index (χ0) is 18.7. The van der Waals surface area contributed by atoms with Crippen molar-refractivity contribution in [3.05, 3.63) is 47.8 Å². The number of pyridine rings is 1. The fourth-order valence-corrected chi connectivity index (χ4v) is 3.15. The van der Waals surface area contributed by atoms with Crippen LogP contribution in [0.1, 0.15) is 29.8 Å². The lowest BCUT2D eigenvalue weighted by Crippen LogP contribution is -2.32. The van der Waals surface area contributed by atoms with E-state index < -0.39 is 0 Å². The number of nitrogens with zero attached hydrogens (tertiary/aromatic N) is 2. The third kappa shape index (κ3) is 2.98. The number of rotatable bonds is 3. The highest BCUT2D eigenvalue weighted by Gasteiger charge is 2.23. The minimum atomic E-state index is -0.0794. The Labute approximate surface area is 152 Å². The second-order valence-electron chi connectivity index (χ2n) is 5.68. The molecule has 1 amide bonds. The van der Waals surface area contributed by atoms with Crippen molar-refractivity contribution in [3.8, 4) is 22.6 Å². The van der Waals surface area contributed by atoms with Gasteiger partial charge in [0.15, 0.2) is 0 Å². The Kier molecular flexibility index (Phi) is 5.11. The summed E-state index contributed by atoms with van der Waals surface area (Å²) in [5, 5.41) is 7.26. The van der Waals surface area contributed by atoms with Gasteiger partial charge < -0.3 is 14.8 Å². The summed E-state index contributed by atoms with van der Waals surface area (Å²) in [6.45, 7) is 4.64. The lowest BCUT2D eigenvalue weighted by Gasteiger charge is -2.20. The van der Waals surface area contributed by atoms with Crippen molar-refractivity contribution in [1.82, 2.24) is 14.9 Å². The number of carbonyl (C=O) groups excluding carboxylic acids is 1. The van der Waals surface area contributed by atoms with Crippen LogP contribution >= 0.6 is 0 Å². The summed E-state index contributed by atoms with van der Waals surface area (Å²) in [4.78, 5) is 12.1. The van der Waals surface area contributed by atoms with E-state index >= 15 is 0 Å². The summed E-state index contributed by atoms with van der Waals surface area (Å²) in [5.41, 5.74) is 4.58. The van der Waals surface area contributed by atoms with Gasteiger partial charge in [0.2, 0.25) is 0 Å². The van der Waals surface area contributed by atoms with E-state index in [0.29, 0.717) is 17.9 Å². The van der Waals surface area contributed by atoms with Gasteiger partial charge in [-0.2, -0.15) is 5.10 Å². The standard InChI is InChI=1S/C18H17N3O3.C2H6/c1-23-13-3-4-15-14(9-20-21(15)10-13)12-7-11-5-6-19-18(22)17(11)16(8-12)24-2;1-2/h3-4,7-10H,5-6H2,1-2H3,(H,19,22);1-2H3. The van der Waals surface area contributed by atoms with Gasteiger partial charge in [0.1, 0.15) is 11.5 Å². The van der Waals surface area contributed by atoms with Crippen molar-refractivity contribution in [1.29, 1.82) is 0 Å². The lowest BCUT2D eigenvalue weighted by atomic mass is 9.94. The Hall–Kier alpha value is -3.02. The molecule has 2 aromatic heterocycles. The predicted molar refractivity (Wildman–Crippen MR) is 101 cm³/mol. The fraction of sp³-hybridized carbons (Fsp3) is 0.300. The van der Waals surface area contributed by atoms with Crippen LogP contribution in [-0.4, -0.2) is 36.3 Å². The number of nitrogens with one attached hydrogen (secondary N) is 1. The molecule has 1 aliphatic rings. The number of fused-ring (bicyclic) bond motifs is 2. The maximum absolute atomic E-state index is 12.1. The molecule has 0 radical (unpaired) electrons. The Morgan fingerprint density at radius 3 is 2.69 bits per heavy atom. The summed E-state index contributed by atoms with van der Waals surface area (Å²) in [7, 11) is 3.22. The van der Waals surface area contributed by atoms with E-state index in [1.165, 1.54) is 0 Å². The minimum absolute atomic E-state index is 0.0794. The Bertz CT molecular complexity index is 930. The third-order valence-corrected chi connectivity index (χ3v) is 4.35. The van der Waals surface area contributed by atoms with E-state index in [4.69, 9.17) is 9.47 Å². The Balaban J connectivity index is 0.000000948. The van der Waals surface area contributed by atoms with Crippen molar-refractivity contribution in [2.24, 2.45) is 0 Å². The zero-order valence-electron chi connectivity index (χ0n) is 15.5. The molecule has 6 nitrogen and oxygen atoms in total. The molecule has 3 aromatic rings. The van der Waals surface area contributed by atoms with E-state index in [0.717, 1.165) is 34.4 Å². The number of amides is 1. The second-order valence-corrected chi connectivity index (χ2v) is 5.68. The van der Waals surface area contributed by atoms with Gasteiger partial charge in [0.25, 0.3) is 5.91 Å². The van der Waals surface area contributed by atoms with E-state index in [1.807, 2.05) is 44.4 Å². The first-order valence-corrected chi connectivity index (χ1v) is 8.72. The summed E-state index contributed by atoms with van der Waals surface area (Å²) in [6.07, 6.45) is 4.44. The van der Waals surface area contributed by atoms with Gasteiger partial charge in [-0.15, -0.1) is 0 Å². The normalized spacial score (nSPS) is 12.7. The molecule has 0 bridgehead atoms. The zero-order valence-corrected chi connectivity index (χ0v) is 15.5. The van der Waals surface area contributed by atoms with Gasteiger partial charge in [-0.1, -0.05) is 13.8 Å². The molecule has 0 atom stereocenters. The highest BCUT2D eigenvalue weighted by atomic mass is 16.5. The average molecular weight is 353 g/mol. The van der Waals surface area contributed by atoms with Crippen LogP contribution in [0.3, 0.4) is 0 Å². The highest BCUT2D eigenvalue weighted by molar-refractivity contribution is 6.00. The van der Waals surface area contributed by atoms with Crippen LogP contribution in [0.5, 0.6) is 11.5 Å².